The van der Waals surface area contributed by atoms with Crippen molar-refractivity contribution in [3.8, 4) is 0 Å². The number of benzene rings is 1. The topological polar surface area (TPSA) is 63.2 Å². The fourth-order valence-corrected chi connectivity index (χ4v) is 2.35. The molecule has 1 unspecified atom stereocenters. The van der Waals surface area contributed by atoms with Crippen LogP contribution in [0.1, 0.15) is 10.4 Å². The van der Waals surface area contributed by atoms with Gasteiger partial charge in [-0.1, -0.05) is 12.1 Å². The van der Waals surface area contributed by atoms with Gasteiger partial charge in [0.05, 0.1) is 18.2 Å². The molecule has 2 N–H and O–H groups in total. The van der Waals surface area contributed by atoms with E-state index in [1.807, 2.05) is 30.3 Å². The molecule has 0 radical (unpaired) electrons. The maximum atomic E-state index is 12.3. The van der Waals surface area contributed by atoms with Gasteiger partial charge in [0.25, 0.3) is 5.91 Å². The number of amides is 1. The van der Waals surface area contributed by atoms with Crippen molar-refractivity contribution >= 4 is 16.8 Å². The molecule has 104 valence electrons. The van der Waals surface area contributed by atoms with Gasteiger partial charge in [-0.3, -0.25) is 9.78 Å². The zero-order valence-electron chi connectivity index (χ0n) is 11.1. The first-order valence-electron chi connectivity index (χ1n) is 6.79. The Hall–Kier alpha value is -1.98. The summed E-state index contributed by atoms with van der Waals surface area (Å²) in [5.74, 6) is -0.0854. The summed E-state index contributed by atoms with van der Waals surface area (Å²) in [4.78, 5) is 16.5. The fraction of sp³-hybridized carbons (Fsp3) is 0.333. The molecule has 3 rings (SSSR count). The highest BCUT2D eigenvalue weighted by molar-refractivity contribution is 6.06. The summed E-state index contributed by atoms with van der Waals surface area (Å²) in [6.45, 7) is 2.86. The quantitative estimate of drug-likeness (QED) is 0.872. The summed E-state index contributed by atoms with van der Waals surface area (Å²) in [7, 11) is 0. The zero-order chi connectivity index (χ0) is 13.8. The van der Waals surface area contributed by atoms with E-state index in [9.17, 15) is 4.79 Å². The van der Waals surface area contributed by atoms with Gasteiger partial charge >= 0.3 is 0 Å². The number of ether oxygens (including phenoxy) is 1. The molecule has 1 saturated heterocycles. The van der Waals surface area contributed by atoms with Crippen LogP contribution in [0.3, 0.4) is 0 Å². The Morgan fingerprint density at radius 1 is 1.40 bits per heavy atom. The first kappa shape index (κ1) is 13.0. The molecular weight excluding hydrogens is 254 g/mol. The van der Waals surface area contributed by atoms with Gasteiger partial charge in [0.15, 0.2) is 0 Å². The van der Waals surface area contributed by atoms with Gasteiger partial charge in [0.2, 0.25) is 0 Å². The van der Waals surface area contributed by atoms with E-state index >= 15 is 0 Å². The van der Waals surface area contributed by atoms with Crippen LogP contribution in [-0.2, 0) is 4.74 Å². The van der Waals surface area contributed by atoms with Crippen molar-refractivity contribution in [2.45, 2.75) is 6.10 Å². The molecule has 20 heavy (non-hydrogen) atoms. The first-order valence-corrected chi connectivity index (χ1v) is 6.79. The average molecular weight is 271 g/mol. The fourth-order valence-electron chi connectivity index (χ4n) is 2.35. The molecule has 1 atom stereocenters. The van der Waals surface area contributed by atoms with Crippen LogP contribution in [0.2, 0.25) is 0 Å². The van der Waals surface area contributed by atoms with Crippen LogP contribution in [0.4, 0.5) is 0 Å². The second kappa shape index (κ2) is 5.98. The van der Waals surface area contributed by atoms with Crippen LogP contribution >= 0.6 is 0 Å². The summed E-state index contributed by atoms with van der Waals surface area (Å²) in [6, 6.07) is 9.33. The van der Waals surface area contributed by atoms with Gasteiger partial charge in [-0.25, -0.2) is 0 Å². The standard InChI is InChI=1S/C15H17N3O2/c19-15(18-10-11-9-16-7-8-20-11)13-3-1-5-14-12(13)4-2-6-17-14/h1-6,11,16H,7-10H2,(H,18,19). The number of morpholine rings is 1. The molecule has 1 aliphatic rings. The number of hydrogen-bond acceptors (Lipinski definition) is 4. The SMILES string of the molecule is O=C(NCC1CNCCO1)c1cccc2ncccc12. The predicted octanol–water partition coefficient (Wildman–Crippen LogP) is 0.953. The molecule has 1 fully saturated rings. The van der Waals surface area contributed by atoms with E-state index in [1.165, 1.54) is 0 Å². The molecule has 2 aromatic rings. The molecule has 0 spiro atoms. The second-order valence-electron chi connectivity index (χ2n) is 4.78. The molecule has 1 aliphatic heterocycles. The maximum absolute atomic E-state index is 12.3. The van der Waals surface area contributed by atoms with Gasteiger partial charge in [0.1, 0.15) is 0 Å². The minimum atomic E-state index is -0.0854. The summed E-state index contributed by atoms with van der Waals surface area (Å²) in [5, 5.41) is 7.04. The first-order chi connectivity index (χ1) is 9.84. The molecule has 5 heteroatoms. The minimum absolute atomic E-state index is 0.0424. The number of aromatic nitrogens is 1. The number of carbonyl (C=O) groups excluding carboxylic acids is 1. The lowest BCUT2D eigenvalue weighted by Gasteiger charge is -2.23. The Balaban J connectivity index is 1.72. The van der Waals surface area contributed by atoms with Crippen LogP contribution in [0.15, 0.2) is 36.5 Å². The number of nitrogens with one attached hydrogen (secondary N) is 2. The van der Waals surface area contributed by atoms with Crippen molar-refractivity contribution in [2.24, 2.45) is 0 Å². The number of carbonyl (C=O) groups is 1. The maximum Gasteiger partial charge on any atom is 0.252 e. The van der Waals surface area contributed by atoms with Crippen LogP contribution in [0, 0.1) is 0 Å². The van der Waals surface area contributed by atoms with Gasteiger partial charge in [0, 0.05) is 36.8 Å². The summed E-state index contributed by atoms with van der Waals surface area (Å²) in [5.41, 5.74) is 1.48. The van der Waals surface area contributed by atoms with Crippen LogP contribution in [0.5, 0.6) is 0 Å². The second-order valence-corrected chi connectivity index (χ2v) is 4.78. The van der Waals surface area contributed by atoms with E-state index in [2.05, 4.69) is 15.6 Å². The van der Waals surface area contributed by atoms with Crippen molar-refractivity contribution in [3.63, 3.8) is 0 Å². The van der Waals surface area contributed by atoms with Crippen LogP contribution < -0.4 is 10.6 Å². The Bertz CT molecular complexity index is 604. The largest absolute Gasteiger partial charge is 0.374 e. The van der Waals surface area contributed by atoms with E-state index in [0.717, 1.165) is 24.0 Å². The molecule has 0 saturated carbocycles. The van der Waals surface area contributed by atoms with Gasteiger partial charge < -0.3 is 15.4 Å². The molecular formula is C15H17N3O2. The Morgan fingerprint density at radius 2 is 2.35 bits per heavy atom. The van der Waals surface area contributed by atoms with Crippen molar-refractivity contribution in [1.29, 1.82) is 0 Å². The van der Waals surface area contributed by atoms with E-state index in [1.54, 1.807) is 6.20 Å². The van der Waals surface area contributed by atoms with Gasteiger partial charge in [-0.15, -0.1) is 0 Å². The lowest BCUT2D eigenvalue weighted by atomic mass is 10.1. The lowest BCUT2D eigenvalue weighted by molar-refractivity contribution is 0.0287. The minimum Gasteiger partial charge on any atom is -0.374 e. The molecule has 1 aromatic heterocycles. The van der Waals surface area contributed by atoms with E-state index in [4.69, 9.17) is 4.74 Å². The average Bonchev–Trinajstić information content (AvgIpc) is 2.53. The third-order valence-corrected chi connectivity index (χ3v) is 3.39. The Morgan fingerprint density at radius 3 is 3.20 bits per heavy atom. The van der Waals surface area contributed by atoms with Crippen molar-refractivity contribution in [2.75, 3.05) is 26.2 Å². The monoisotopic (exact) mass is 271 g/mol. The molecule has 5 nitrogen and oxygen atoms in total. The Labute approximate surface area is 117 Å². The predicted molar refractivity (Wildman–Crippen MR) is 76.7 cm³/mol. The number of rotatable bonds is 3. The molecule has 0 aliphatic carbocycles. The molecule has 1 amide bonds. The molecule has 0 bridgehead atoms. The van der Waals surface area contributed by atoms with Gasteiger partial charge in [-0.2, -0.15) is 0 Å². The summed E-state index contributed by atoms with van der Waals surface area (Å²) >= 11 is 0. The lowest BCUT2D eigenvalue weighted by Crippen LogP contribution is -2.45. The number of pyridine rings is 1. The van der Waals surface area contributed by atoms with Crippen molar-refractivity contribution < 1.29 is 9.53 Å². The summed E-state index contributed by atoms with van der Waals surface area (Å²) < 4.78 is 5.56. The van der Waals surface area contributed by atoms with E-state index in [-0.39, 0.29) is 12.0 Å². The zero-order valence-corrected chi connectivity index (χ0v) is 11.1. The van der Waals surface area contributed by atoms with E-state index < -0.39 is 0 Å². The van der Waals surface area contributed by atoms with Crippen LogP contribution in [0.25, 0.3) is 10.9 Å². The number of fused-ring (bicyclic) bond motifs is 1. The number of hydrogen-bond donors (Lipinski definition) is 2. The van der Waals surface area contributed by atoms with Crippen LogP contribution in [-0.4, -0.2) is 43.2 Å². The molecule has 1 aromatic carbocycles. The molecule has 2 heterocycles. The smallest absolute Gasteiger partial charge is 0.252 e. The third-order valence-electron chi connectivity index (χ3n) is 3.39. The van der Waals surface area contributed by atoms with E-state index in [0.29, 0.717) is 18.7 Å². The Kier molecular flexibility index (Phi) is 3.90. The van der Waals surface area contributed by atoms with Crippen molar-refractivity contribution in [3.05, 3.63) is 42.1 Å². The van der Waals surface area contributed by atoms with Crippen molar-refractivity contribution in [1.82, 2.24) is 15.6 Å². The normalized spacial score (nSPS) is 18.9. The summed E-state index contributed by atoms with van der Waals surface area (Å²) in [6.07, 6.45) is 1.77. The highest BCUT2D eigenvalue weighted by Gasteiger charge is 2.16. The van der Waals surface area contributed by atoms with Gasteiger partial charge in [-0.05, 0) is 18.2 Å². The third kappa shape index (κ3) is 2.79. The highest BCUT2D eigenvalue weighted by atomic mass is 16.5. The number of nitrogens with zero attached hydrogens (tertiary/aromatic N) is 1. The highest BCUT2D eigenvalue weighted by Crippen LogP contribution is 2.16.